The number of aromatic amines is 1. The molecule has 0 aliphatic rings. The molecule has 7 heteroatoms. The van der Waals surface area contributed by atoms with Crippen molar-refractivity contribution in [2.24, 2.45) is 0 Å². The summed E-state index contributed by atoms with van der Waals surface area (Å²) in [5.41, 5.74) is 2.72. The third-order valence-corrected chi connectivity index (χ3v) is 4.31. The second kappa shape index (κ2) is 7.35. The first kappa shape index (κ1) is 15.7. The standard InChI is InChI=1S/C14H20N4O2S/c1-2-15-7-12-3-5-13(6-4-12)11-21(19,20)18-10-14-8-16-17-9-14/h3-6,8-9,15,18H,2,7,10-11H2,1H3,(H,16,17). The number of nitrogens with zero attached hydrogens (tertiary/aromatic N) is 1. The van der Waals surface area contributed by atoms with Crippen LogP contribution in [0.1, 0.15) is 23.6 Å². The third kappa shape index (κ3) is 5.30. The Bertz CT molecular complexity index is 636. The van der Waals surface area contributed by atoms with Crippen LogP contribution >= 0.6 is 0 Å². The molecule has 1 heterocycles. The zero-order chi connectivity index (χ0) is 15.1. The summed E-state index contributed by atoms with van der Waals surface area (Å²) in [5.74, 6) is -0.0215. The Hall–Kier alpha value is -1.70. The van der Waals surface area contributed by atoms with E-state index in [9.17, 15) is 8.42 Å². The lowest BCUT2D eigenvalue weighted by atomic mass is 10.1. The Morgan fingerprint density at radius 3 is 2.43 bits per heavy atom. The summed E-state index contributed by atoms with van der Waals surface area (Å²) < 4.78 is 26.6. The van der Waals surface area contributed by atoms with Crippen molar-refractivity contribution >= 4 is 10.0 Å². The number of aromatic nitrogens is 2. The lowest BCUT2D eigenvalue weighted by molar-refractivity contribution is 0.580. The molecule has 0 saturated carbocycles. The fourth-order valence-electron chi connectivity index (χ4n) is 1.86. The number of hydrogen-bond donors (Lipinski definition) is 3. The second-order valence-electron chi connectivity index (χ2n) is 4.78. The van der Waals surface area contributed by atoms with Crippen LogP contribution in [0.3, 0.4) is 0 Å². The molecule has 1 aromatic carbocycles. The van der Waals surface area contributed by atoms with Crippen LogP contribution in [0.15, 0.2) is 36.7 Å². The smallest absolute Gasteiger partial charge is 0.216 e. The highest BCUT2D eigenvalue weighted by atomic mass is 32.2. The van der Waals surface area contributed by atoms with Crippen molar-refractivity contribution in [3.8, 4) is 0 Å². The van der Waals surface area contributed by atoms with E-state index in [1.54, 1.807) is 12.4 Å². The van der Waals surface area contributed by atoms with Gasteiger partial charge in [0.1, 0.15) is 0 Å². The van der Waals surface area contributed by atoms with Gasteiger partial charge >= 0.3 is 0 Å². The lowest BCUT2D eigenvalue weighted by Crippen LogP contribution is -2.24. The molecule has 0 spiro atoms. The van der Waals surface area contributed by atoms with Gasteiger partial charge in [0.2, 0.25) is 10.0 Å². The Morgan fingerprint density at radius 2 is 1.81 bits per heavy atom. The molecular weight excluding hydrogens is 288 g/mol. The fourth-order valence-corrected chi connectivity index (χ4v) is 2.98. The van der Waals surface area contributed by atoms with Crippen molar-refractivity contribution in [2.75, 3.05) is 6.54 Å². The maximum atomic E-state index is 12.0. The maximum absolute atomic E-state index is 12.0. The Kier molecular flexibility index (Phi) is 5.49. The molecule has 1 aromatic heterocycles. The lowest BCUT2D eigenvalue weighted by Gasteiger charge is -2.07. The van der Waals surface area contributed by atoms with Gasteiger partial charge < -0.3 is 5.32 Å². The first-order valence-corrected chi connectivity index (χ1v) is 8.48. The summed E-state index contributed by atoms with van der Waals surface area (Å²) in [7, 11) is -3.35. The summed E-state index contributed by atoms with van der Waals surface area (Å²) in [4.78, 5) is 0. The van der Waals surface area contributed by atoms with Crippen LogP contribution in [0.4, 0.5) is 0 Å². The third-order valence-electron chi connectivity index (χ3n) is 3.01. The van der Waals surface area contributed by atoms with Crippen LogP contribution in [0.5, 0.6) is 0 Å². The molecule has 0 unspecified atom stereocenters. The minimum atomic E-state index is -3.35. The van der Waals surface area contributed by atoms with Gasteiger partial charge in [-0.05, 0) is 17.7 Å². The summed E-state index contributed by atoms with van der Waals surface area (Å²) in [6.07, 6.45) is 3.26. The van der Waals surface area contributed by atoms with E-state index in [0.29, 0.717) is 0 Å². The largest absolute Gasteiger partial charge is 0.313 e. The predicted octanol–water partition coefficient (Wildman–Crippen LogP) is 1.14. The van der Waals surface area contributed by atoms with Gasteiger partial charge in [0.25, 0.3) is 0 Å². The van der Waals surface area contributed by atoms with Gasteiger partial charge in [-0.25, -0.2) is 13.1 Å². The van der Waals surface area contributed by atoms with Gasteiger partial charge in [0.15, 0.2) is 0 Å². The number of rotatable bonds is 8. The molecule has 2 aromatic rings. The van der Waals surface area contributed by atoms with Crippen LogP contribution in [0, 0.1) is 0 Å². The van der Waals surface area contributed by atoms with Gasteiger partial charge in [0, 0.05) is 24.8 Å². The van der Waals surface area contributed by atoms with Gasteiger partial charge in [-0.15, -0.1) is 0 Å². The molecule has 0 aliphatic carbocycles. The van der Waals surface area contributed by atoms with E-state index in [0.717, 1.165) is 29.8 Å². The number of H-pyrrole nitrogens is 1. The van der Waals surface area contributed by atoms with Gasteiger partial charge in [-0.2, -0.15) is 5.10 Å². The zero-order valence-electron chi connectivity index (χ0n) is 12.0. The topological polar surface area (TPSA) is 86.9 Å². The number of nitrogens with one attached hydrogen (secondary N) is 3. The molecule has 21 heavy (non-hydrogen) atoms. The average Bonchev–Trinajstić information content (AvgIpc) is 2.98. The first-order valence-electron chi connectivity index (χ1n) is 6.82. The SMILES string of the molecule is CCNCc1ccc(CS(=O)(=O)NCc2cn[nH]c2)cc1. The normalized spacial score (nSPS) is 11.7. The zero-order valence-corrected chi connectivity index (χ0v) is 12.8. The van der Waals surface area contributed by atoms with Crippen molar-refractivity contribution in [3.63, 3.8) is 0 Å². The van der Waals surface area contributed by atoms with E-state index < -0.39 is 10.0 Å². The van der Waals surface area contributed by atoms with E-state index >= 15 is 0 Å². The molecule has 0 amide bonds. The number of sulfonamides is 1. The maximum Gasteiger partial charge on any atom is 0.216 e. The minimum Gasteiger partial charge on any atom is -0.313 e. The van der Waals surface area contributed by atoms with Crippen LogP contribution in [-0.2, 0) is 28.9 Å². The highest BCUT2D eigenvalue weighted by Gasteiger charge is 2.11. The first-order chi connectivity index (χ1) is 10.1. The molecule has 0 radical (unpaired) electrons. The quantitative estimate of drug-likeness (QED) is 0.682. The predicted molar refractivity (Wildman–Crippen MR) is 81.9 cm³/mol. The molecular formula is C14H20N4O2S. The van der Waals surface area contributed by atoms with Gasteiger partial charge in [-0.3, -0.25) is 5.10 Å². The average molecular weight is 308 g/mol. The number of benzene rings is 1. The van der Waals surface area contributed by atoms with Crippen LogP contribution in [0.2, 0.25) is 0 Å². The van der Waals surface area contributed by atoms with Crippen molar-refractivity contribution < 1.29 is 8.42 Å². The summed E-state index contributed by atoms with van der Waals surface area (Å²) in [5, 5.41) is 9.65. The van der Waals surface area contributed by atoms with E-state index in [2.05, 4.69) is 20.2 Å². The molecule has 0 atom stereocenters. The van der Waals surface area contributed by atoms with E-state index in [4.69, 9.17) is 0 Å². The Labute approximate surface area is 125 Å². The summed E-state index contributed by atoms with van der Waals surface area (Å²) in [6, 6.07) is 7.60. The van der Waals surface area contributed by atoms with Crippen molar-refractivity contribution in [2.45, 2.75) is 25.8 Å². The van der Waals surface area contributed by atoms with E-state index in [1.807, 2.05) is 31.2 Å². The molecule has 2 rings (SSSR count). The fraction of sp³-hybridized carbons (Fsp3) is 0.357. The van der Waals surface area contributed by atoms with Gasteiger partial charge in [0.05, 0.1) is 11.9 Å². The summed E-state index contributed by atoms with van der Waals surface area (Å²) in [6.45, 7) is 4.00. The molecule has 0 bridgehead atoms. The molecule has 114 valence electrons. The molecule has 0 fully saturated rings. The Balaban J connectivity index is 1.90. The second-order valence-corrected chi connectivity index (χ2v) is 6.59. The van der Waals surface area contributed by atoms with Crippen LogP contribution in [0.25, 0.3) is 0 Å². The molecule has 3 N–H and O–H groups in total. The van der Waals surface area contributed by atoms with Crippen LogP contribution in [-0.4, -0.2) is 25.2 Å². The Morgan fingerprint density at radius 1 is 1.10 bits per heavy atom. The van der Waals surface area contributed by atoms with E-state index in [-0.39, 0.29) is 12.3 Å². The summed E-state index contributed by atoms with van der Waals surface area (Å²) >= 11 is 0. The van der Waals surface area contributed by atoms with Gasteiger partial charge in [-0.1, -0.05) is 31.2 Å². The van der Waals surface area contributed by atoms with Crippen molar-refractivity contribution in [3.05, 3.63) is 53.3 Å². The molecule has 0 aliphatic heterocycles. The molecule has 6 nitrogen and oxygen atoms in total. The monoisotopic (exact) mass is 308 g/mol. The molecule has 0 saturated heterocycles. The highest BCUT2D eigenvalue weighted by molar-refractivity contribution is 7.88. The van der Waals surface area contributed by atoms with Crippen LogP contribution < -0.4 is 10.0 Å². The van der Waals surface area contributed by atoms with Crippen molar-refractivity contribution in [1.29, 1.82) is 0 Å². The van der Waals surface area contributed by atoms with Crippen molar-refractivity contribution in [1.82, 2.24) is 20.2 Å². The highest BCUT2D eigenvalue weighted by Crippen LogP contribution is 2.08. The van der Waals surface area contributed by atoms with E-state index in [1.165, 1.54) is 0 Å². The number of hydrogen-bond acceptors (Lipinski definition) is 4. The minimum absolute atomic E-state index is 0.0215.